The van der Waals surface area contributed by atoms with Gasteiger partial charge in [-0.25, -0.2) is 9.69 Å². The summed E-state index contributed by atoms with van der Waals surface area (Å²) in [6.07, 6.45) is 1.58. The summed E-state index contributed by atoms with van der Waals surface area (Å²) in [5, 5.41) is 8.33. The molecule has 1 heterocycles. The largest absolute Gasteiger partial charge is 0.493 e. The first kappa shape index (κ1) is 18.5. The van der Waals surface area contributed by atoms with E-state index < -0.39 is 18.5 Å². The summed E-state index contributed by atoms with van der Waals surface area (Å²) in [4.78, 5) is 36.9. The van der Waals surface area contributed by atoms with Gasteiger partial charge >= 0.3 is 5.97 Å². The van der Waals surface area contributed by atoms with Crippen LogP contribution in [0.5, 0.6) is 11.5 Å². The number of nitrogens with zero attached hydrogens (tertiary/aromatic N) is 1. The minimum Gasteiger partial charge on any atom is -0.493 e. The van der Waals surface area contributed by atoms with Crippen LogP contribution >= 0.6 is 11.8 Å². The lowest BCUT2D eigenvalue weighted by Gasteiger charge is -2.11. The molecule has 0 atom stereocenters. The van der Waals surface area contributed by atoms with Gasteiger partial charge in [-0.1, -0.05) is 24.3 Å². The molecule has 7 nitrogen and oxygen atoms in total. The monoisotopic (exact) mass is 385 g/mol. The van der Waals surface area contributed by atoms with Crippen molar-refractivity contribution >= 4 is 40.6 Å². The molecular weight excluding hydrogens is 370 g/mol. The number of amides is 2. The summed E-state index contributed by atoms with van der Waals surface area (Å²) < 4.78 is 10.4. The molecular formula is C19H15NO6S. The van der Waals surface area contributed by atoms with E-state index in [2.05, 4.69) is 0 Å². The highest BCUT2D eigenvalue weighted by atomic mass is 32.2. The minimum atomic E-state index is -1.10. The molecule has 138 valence electrons. The zero-order valence-electron chi connectivity index (χ0n) is 14.2. The lowest BCUT2D eigenvalue weighted by molar-refractivity contribution is -0.139. The van der Waals surface area contributed by atoms with Gasteiger partial charge in [0.05, 0.1) is 17.7 Å². The third kappa shape index (κ3) is 4.12. The fraction of sp³-hybridized carbons (Fsp3) is 0.105. The van der Waals surface area contributed by atoms with Crippen molar-refractivity contribution in [3.8, 4) is 11.5 Å². The highest BCUT2D eigenvalue weighted by Gasteiger charge is 2.36. The van der Waals surface area contributed by atoms with Gasteiger partial charge in [0.15, 0.2) is 18.1 Å². The smallest absolute Gasteiger partial charge is 0.341 e. The fourth-order valence-corrected chi connectivity index (χ4v) is 3.29. The van der Waals surface area contributed by atoms with Crippen LogP contribution in [0.1, 0.15) is 5.56 Å². The average Bonchev–Trinajstić information content (AvgIpc) is 2.94. The second-order valence-electron chi connectivity index (χ2n) is 5.45. The van der Waals surface area contributed by atoms with Gasteiger partial charge in [-0.2, -0.15) is 0 Å². The highest BCUT2D eigenvalue weighted by molar-refractivity contribution is 8.19. The third-order valence-electron chi connectivity index (χ3n) is 3.64. The Morgan fingerprint density at radius 2 is 1.89 bits per heavy atom. The third-order valence-corrected chi connectivity index (χ3v) is 4.51. The van der Waals surface area contributed by atoms with Gasteiger partial charge in [0.25, 0.3) is 11.1 Å². The number of para-hydroxylation sites is 1. The zero-order valence-corrected chi connectivity index (χ0v) is 15.1. The van der Waals surface area contributed by atoms with Crippen LogP contribution in [0.2, 0.25) is 0 Å². The van der Waals surface area contributed by atoms with Gasteiger partial charge in [0, 0.05) is 0 Å². The highest BCUT2D eigenvalue weighted by Crippen LogP contribution is 2.36. The van der Waals surface area contributed by atoms with Crippen molar-refractivity contribution in [1.29, 1.82) is 0 Å². The summed E-state index contributed by atoms with van der Waals surface area (Å²) in [5.74, 6) is -0.904. The second-order valence-corrected chi connectivity index (χ2v) is 6.44. The van der Waals surface area contributed by atoms with E-state index >= 15 is 0 Å². The van der Waals surface area contributed by atoms with Crippen molar-refractivity contribution in [2.24, 2.45) is 0 Å². The predicted octanol–water partition coefficient (Wildman–Crippen LogP) is 3.40. The average molecular weight is 385 g/mol. The predicted molar refractivity (Wildman–Crippen MR) is 101 cm³/mol. The maximum atomic E-state index is 12.6. The first-order chi connectivity index (χ1) is 13.0. The van der Waals surface area contributed by atoms with Gasteiger partial charge in [-0.15, -0.1) is 0 Å². The van der Waals surface area contributed by atoms with Gasteiger partial charge in [-0.05, 0) is 47.7 Å². The molecule has 1 N–H and O–H groups in total. The number of hydrogen-bond donors (Lipinski definition) is 1. The van der Waals surface area contributed by atoms with Gasteiger partial charge in [0.1, 0.15) is 0 Å². The molecule has 0 aromatic heterocycles. The lowest BCUT2D eigenvalue weighted by Crippen LogP contribution is -2.27. The second kappa shape index (κ2) is 7.96. The normalized spacial score (nSPS) is 15.3. The van der Waals surface area contributed by atoms with Crippen LogP contribution in [0, 0.1) is 0 Å². The van der Waals surface area contributed by atoms with Crippen molar-refractivity contribution in [1.82, 2.24) is 0 Å². The van der Waals surface area contributed by atoms with E-state index in [1.165, 1.54) is 7.11 Å². The van der Waals surface area contributed by atoms with Crippen molar-refractivity contribution in [2.75, 3.05) is 18.6 Å². The first-order valence-corrected chi connectivity index (χ1v) is 8.67. The van der Waals surface area contributed by atoms with Crippen LogP contribution in [0.15, 0.2) is 53.4 Å². The maximum absolute atomic E-state index is 12.6. The Bertz CT molecular complexity index is 925. The number of ether oxygens (including phenoxy) is 2. The summed E-state index contributed by atoms with van der Waals surface area (Å²) >= 11 is 0.852. The molecule has 0 saturated carbocycles. The summed E-state index contributed by atoms with van der Waals surface area (Å²) in [5.41, 5.74) is 1.13. The van der Waals surface area contributed by atoms with Crippen LogP contribution in [-0.2, 0) is 9.59 Å². The van der Waals surface area contributed by atoms with E-state index in [0.29, 0.717) is 17.0 Å². The molecule has 1 aliphatic rings. The molecule has 27 heavy (non-hydrogen) atoms. The Hall–Kier alpha value is -3.26. The molecule has 0 radical (unpaired) electrons. The first-order valence-electron chi connectivity index (χ1n) is 7.85. The van der Waals surface area contributed by atoms with Crippen LogP contribution < -0.4 is 14.4 Å². The number of carbonyl (C=O) groups excluding carboxylic acids is 2. The van der Waals surface area contributed by atoms with Crippen LogP contribution in [-0.4, -0.2) is 35.9 Å². The van der Waals surface area contributed by atoms with E-state index in [9.17, 15) is 14.4 Å². The number of methoxy groups -OCH3 is 1. The molecule has 0 aliphatic carbocycles. The van der Waals surface area contributed by atoms with Crippen molar-refractivity contribution in [3.05, 3.63) is 59.0 Å². The fourth-order valence-electron chi connectivity index (χ4n) is 2.45. The molecule has 3 rings (SSSR count). The van der Waals surface area contributed by atoms with Gasteiger partial charge in [0.2, 0.25) is 0 Å². The number of thioether (sulfide) groups is 1. The molecule has 0 unspecified atom stereocenters. The summed E-state index contributed by atoms with van der Waals surface area (Å²) in [7, 11) is 1.43. The standard InChI is InChI=1S/C19H15NO6S/c1-25-15-9-12(7-8-14(15)26-11-17(21)22)10-16-18(23)20(19(24)27-16)13-5-3-2-4-6-13/h2-10H,11H2,1H3,(H,21,22). The van der Waals surface area contributed by atoms with E-state index in [1.54, 1.807) is 54.6 Å². The van der Waals surface area contributed by atoms with Crippen molar-refractivity contribution < 1.29 is 29.0 Å². The Kier molecular flexibility index (Phi) is 5.46. The molecule has 1 aliphatic heterocycles. The SMILES string of the molecule is COc1cc(C=C2SC(=O)N(c3ccccc3)C2=O)ccc1OCC(=O)O. The number of aliphatic carboxylic acids is 1. The molecule has 1 saturated heterocycles. The van der Waals surface area contributed by atoms with E-state index in [0.717, 1.165) is 16.7 Å². The zero-order chi connectivity index (χ0) is 19.4. The Morgan fingerprint density at radius 3 is 2.56 bits per heavy atom. The molecule has 2 amide bonds. The number of hydrogen-bond acceptors (Lipinski definition) is 6. The number of carboxylic acids is 1. The van der Waals surface area contributed by atoms with Crippen LogP contribution in [0.3, 0.4) is 0 Å². The van der Waals surface area contributed by atoms with Crippen molar-refractivity contribution in [2.45, 2.75) is 0 Å². The van der Waals surface area contributed by atoms with Gasteiger partial charge in [-0.3, -0.25) is 9.59 Å². The number of imide groups is 1. The topological polar surface area (TPSA) is 93.1 Å². The van der Waals surface area contributed by atoms with E-state index in [4.69, 9.17) is 14.6 Å². The van der Waals surface area contributed by atoms with E-state index in [1.807, 2.05) is 0 Å². The number of carboxylic acid groups (broad SMARTS) is 1. The maximum Gasteiger partial charge on any atom is 0.341 e. The molecule has 0 bridgehead atoms. The number of carbonyl (C=O) groups is 3. The Morgan fingerprint density at radius 1 is 1.15 bits per heavy atom. The molecule has 8 heteroatoms. The Balaban J connectivity index is 1.85. The molecule has 1 fully saturated rings. The number of anilines is 1. The lowest BCUT2D eigenvalue weighted by atomic mass is 10.2. The van der Waals surface area contributed by atoms with Crippen molar-refractivity contribution in [3.63, 3.8) is 0 Å². The summed E-state index contributed by atoms with van der Waals surface area (Å²) in [6, 6.07) is 13.5. The Labute approximate surface area is 159 Å². The van der Waals surface area contributed by atoms with Crippen LogP contribution in [0.4, 0.5) is 10.5 Å². The quantitative estimate of drug-likeness (QED) is 0.762. The molecule has 2 aromatic carbocycles. The van der Waals surface area contributed by atoms with Gasteiger partial charge < -0.3 is 14.6 Å². The number of benzene rings is 2. The van der Waals surface area contributed by atoms with E-state index in [-0.39, 0.29) is 15.9 Å². The van der Waals surface area contributed by atoms with Crippen LogP contribution in [0.25, 0.3) is 6.08 Å². The molecule has 2 aromatic rings. The number of rotatable bonds is 6. The summed E-state index contributed by atoms with van der Waals surface area (Å²) in [6.45, 7) is -0.494. The minimum absolute atomic E-state index is 0.273. The molecule has 0 spiro atoms.